The number of nitrogens with one attached hydrogen (secondary N) is 1. The van der Waals surface area contributed by atoms with Crippen LogP contribution in [-0.2, 0) is 4.79 Å². The summed E-state index contributed by atoms with van der Waals surface area (Å²) in [5, 5.41) is 0. The minimum absolute atomic E-state index is 0. The molecule has 3 nitrogen and oxygen atoms in total. The highest BCUT2D eigenvalue weighted by Gasteiger charge is 1.77. The van der Waals surface area contributed by atoms with Gasteiger partial charge in [0.2, 0.25) is 5.91 Å². The van der Waals surface area contributed by atoms with Gasteiger partial charge in [0.15, 0.2) is 0 Å². The van der Waals surface area contributed by atoms with Crippen LogP contribution in [0.4, 0.5) is 0 Å². The maximum atomic E-state index is 9.22. The van der Waals surface area contributed by atoms with Crippen LogP contribution in [0.5, 0.6) is 0 Å². The molecule has 1 amide bonds. The lowest BCUT2D eigenvalue weighted by Crippen LogP contribution is -2.62. The minimum atomic E-state index is -0.333. The molecule has 0 aromatic rings. The third-order valence-corrected chi connectivity index (χ3v) is 0.906. The second-order valence-corrected chi connectivity index (χ2v) is 2.25. The van der Waals surface area contributed by atoms with Gasteiger partial charge in [0.05, 0.1) is 0 Å². The standard InChI is InChI=1S/C6H13N.C2H5NO.CH4/c1-3-4-5-6-7-2;1-2(3)4;/h6H,3-5H2,1-2H3;1H3,(H2,3,4);1H4/p+1/i1+1,2+1;;1+1. The van der Waals surface area contributed by atoms with Crippen LogP contribution in [0.2, 0.25) is 0 Å². The van der Waals surface area contributed by atoms with E-state index in [1.54, 1.807) is 0 Å². The normalized spacial score (nSPS) is 8.25. The summed E-state index contributed by atoms with van der Waals surface area (Å²) in [5.74, 6) is -0.333. The van der Waals surface area contributed by atoms with Crippen LogP contribution in [0.1, 0.15) is 40.5 Å². The lowest BCUT2D eigenvalue weighted by Gasteiger charge is -1.79. The first-order valence-electron chi connectivity index (χ1n) is 3.90. The third-order valence-electron chi connectivity index (χ3n) is 0.906. The Kier molecular flexibility index (Phi) is 23.9. The summed E-state index contributed by atoms with van der Waals surface area (Å²) >= 11 is 0. The first-order valence-corrected chi connectivity index (χ1v) is 3.90. The molecule has 0 rings (SSSR count). The minimum Gasteiger partial charge on any atom is -0.370 e. The molecule has 3 heteroatoms. The lowest BCUT2D eigenvalue weighted by atomic mass is 10.3. The Morgan fingerprint density at radius 1 is 1.58 bits per heavy atom. The zero-order chi connectivity index (χ0) is 9.11. The molecule has 0 unspecified atom stereocenters. The number of rotatable bonds is 3. The summed E-state index contributed by atoms with van der Waals surface area (Å²) in [6, 6.07) is 0. The van der Waals surface area contributed by atoms with Gasteiger partial charge < -0.3 is 5.73 Å². The van der Waals surface area contributed by atoms with Crippen molar-refractivity contribution in [3.8, 4) is 0 Å². The van der Waals surface area contributed by atoms with Gasteiger partial charge >= 0.3 is 0 Å². The SMILES string of the molecule is CC(N)=O.[13CH3]CCCC=[NH+][13CH3].[13CH4]. The Balaban J connectivity index is -0.000000142. The van der Waals surface area contributed by atoms with Crippen molar-refractivity contribution in [2.45, 2.75) is 40.5 Å². The molecular formula is C9H23N2O+. The molecule has 0 atom stereocenters. The van der Waals surface area contributed by atoms with Crippen LogP contribution in [0.3, 0.4) is 0 Å². The average molecular weight is 178 g/mol. The van der Waals surface area contributed by atoms with Crippen molar-refractivity contribution in [3.05, 3.63) is 0 Å². The molecule has 0 radical (unpaired) electrons. The summed E-state index contributed by atoms with van der Waals surface area (Å²) in [5.41, 5.74) is 4.47. The first kappa shape index (κ1) is 17.3. The fourth-order valence-electron chi connectivity index (χ4n) is 0.451. The number of hydrogen-bond acceptors (Lipinski definition) is 1. The van der Waals surface area contributed by atoms with E-state index in [1.165, 1.54) is 26.2 Å². The van der Waals surface area contributed by atoms with Gasteiger partial charge in [-0.2, -0.15) is 0 Å². The van der Waals surface area contributed by atoms with Crippen molar-refractivity contribution in [1.29, 1.82) is 0 Å². The van der Waals surface area contributed by atoms with E-state index in [1.807, 2.05) is 7.05 Å². The van der Waals surface area contributed by atoms with E-state index >= 15 is 0 Å². The fraction of sp³-hybridized carbons (Fsp3) is 0.778. The van der Waals surface area contributed by atoms with Crippen LogP contribution < -0.4 is 10.7 Å². The second-order valence-electron chi connectivity index (χ2n) is 2.25. The van der Waals surface area contributed by atoms with Gasteiger partial charge in [0.1, 0.15) is 13.3 Å². The molecule has 0 saturated heterocycles. The van der Waals surface area contributed by atoms with Gasteiger partial charge in [0, 0.05) is 13.3 Å². The molecule has 0 aromatic heterocycles. The Morgan fingerprint density at radius 3 is 2.25 bits per heavy atom. The number of nitrogens with two attached hydrogens (primary N) is 1. The first-order chi connectivity index (χ1) is 5.15. The maximum Gasteiger partial charge on any atom is 0.214 e. The van der Waals surface area contributed by atoms with Crippen molar-refractivity contribution < 1.29 is 9.79 Å². The monoisotopic (exact) mass is 178 g/mol. The molecule has 0 heterocycles. The largest absolute Gasteiger partial charge is 0.370 e. The molecule has 0 aliphatic heterocycles. The number of hydrogen-bond donors (Lipinski definition) is 2. The van der Waals surface area contributed by atoms with Gasteiger partial charge in [-0.15, -0.1) is 0 Å². The molecule has 0 saturated carbocycles. The van der Waals surface area contributed by atoms with E-state index in [9.17, 15) is 4.79 Å². The van der Waals surface area contributed by atoms with Crippen LogP contribution in [-0.4, -0.2) is 19.2 Å². The summed E-state index contributed by atoms with van der Waals surface area (Å²) in [6.45, 7) is 3.50. The summed E-state index contributed by atoms with van der Waals surface area (Å²) in [4.78, 5) is 12.2. The van der Waals surface area contributed by atoms with Crippen molar-refractivity contribution in [3.63, 3.8) is 0 Å². The zero-order valence-electron chi connectivity index (χ0n) is 7.68. The Morgan fingerprint density at radius 2 is 2.00 bits per heavy atom. The fourth-order valence-corrected chi connectivity index (χ4v) is 0.451. The molecule has 74 valence electrons. The van der Waals surface area contributed by atoms with Crippen LogP contribution in [0.25, 0.3) is 0 Å². The maximum absolute atomic E-state index is 9.22. The molecule has 0 aliphatic carbocycles. The van der Waals surface area contributed by atoms with Crippen LogP contribution in [0, 0.1) is 0 Å². The molecule has 3 N–H and O–H groups in total. The van der Waals surface area contributed by atoms with Crippen LogP contribution in [0.15, 0.2) is 0 Å². The van der Waals surface area contributed by atoms with Gasteiger partial charge in [-0.25, -0.2) is 0 Å². The predicted molar refractivity (Wildman–Crippen MR) is 54.1 cm³/mol. The Hall–Kier alpha value is -0.860. The smallest absolute Gasteiger partial charge is 0.214 e. The summed E-state index contributed by atoms with van der Waals surface area (Å²) in [7, 11) is 1.94. The van der Waals surface area contributed by atoms with Gasteiger partial charge in [0.25, 0.3) is 0 Å². The number of carbonyl (C=O) groups is 1. The van der Waals surface area contributed by atoms with E-state index in [-0.39, 0.29) is 13.3 Å². The molecule has 0 aromatic carbocycles. The van der Waals surface area contributed by atoms with Gasteiger partial charge in [-0.05, 0) is 6.42 Å². The van der Waals surface area contributed by atoms with E-state index in [4.69, 9.17) is 0 Å². The number of carbonyl (C=O) groups excluding carboxylic acids is 1. The lowest BCUT2D eigenvalue weighted by molar-refractivity contribution is -0.415. The van der Waals surface area contributed by atoms with E-state index in [2.05, 4.69) is 23.9 Å². The Bertz CT molecular complexity index is 107. The van der Waals surface area contributed by atoms with Gasteiger partial charge in [-0.1, -0.05) is 20.8 Å². The van der Waals surface area contributed by atoms with Gasteiger partial charge in [-0.3, -0.25) is 9.79 Å². The molecule has 0 fully saturated rings. The molecule has 0 aliphatic rings. The highest BCUT2D eigenvalue weighted by molar-refractivity contribution is 5.70. The van der Waals surface area contributed by atoms with Crippen LogP contribution >= 0.6 is 0 Å². The molecular weight excluding hydrogens is 155 g/mol. The highest BCUT2D eigenvalue weighted by Crippen LogP contribution is 1.86. The zero-order valence-corrected chi connectivity index (χ0v) is 7.68. The summed E-state index contributed by atoms with van der Waals surface area (Å²) < 4.78 is 0. The predicted octanol–water partition coefficient (Wildman–Crippen LogP) is 0.0855. The van der Waals surface area contributed by atoms with Crippen molar-refractivity contribution in [2.75, 3.05) is 7.05 Å². The average Bonchev–Trinajstić information content (AvgIpc) is 1.88. The van der Waals surface area contributed by atoms with Crippen molar-refractivity contribution in [2.24, 2.45) is 5.73 Å². The summed E-state index contributed by atoms with van der Waals surface area (Å²) in [6.07, 6.45) is 5.88. The van der Waals surface area contributed by atoms with E-state index in [0.717, 1.165) is 0 Å². The number of primary amides is 1. The third kappa shape index (κ3) is 61.4. The quantitative estimate of drug-likeness (QED) is 0.359. The Labute approximate surface area is 76.1 Å². The van der Waals surface area contributed by atoms with Crippen molar-refractivity contribution in [1.82, 2.24) is 0 Å². The van der Waals surface area contributed by atoms with Crippen molar-refractivity contribution >= 4 is 12.1 Å². The van der Waals surface area contributed by atoms with E-state index in [0.29, 0.717) is 0 Å². The molecule has 0 bridgehead atoms. The number of unbranched alkanes of at least 4 members (excludes halogenated alkanes) is 2. The molecule has 0 spiro atoms. The topological polar surface area (TPSA) is 57.1 Å². The highest BCUT2D eigenvalue weighted by atomic mass is 16.1. The second kappa shape index (κ2) is 16.6. The molecule has 12 heavy (non-hydrogen) atoms. The number of amides is 1. The van der Waals surface area contributed by atoms with E-state index < -0.39 is 0 Å².